The SMILES string of the molecule is O=C(CCC(=O)N(Cc1ccc(F)cc1F)C1CC1)c1ccccc1. The van der Waals surface area contributed by atoms with Gasteiger partial charge in [-0.15, -0.1) is 0 Å². The van der Waals surface area contributed by atoms with Gasteiger partial charge >= 0.3 is 0 Å². The van der Waals surface area contributed by atoms with Crippen molar-refractivity contribution in [2.45, 2.75) is 38.3 Å². The monoisotopic (exact) mass is 343 g/mol. The Labute approximate surface area is 145 Å². The van der Waals surface area contributed by atoms with Crippen LogP contribution in [0.3, 0.4) is 0 Å². The van der Waals surface area contributed by atoms with Crippen molar-refractivity contribution in [1.82, 2.24) is 4.90 Å². The number of rotatable bonds is 7. The van der Waals surface area contributed by atoms with Crippen molar-refractivity contribution in [3.8, 4) is 0 Å². The summed E-state index contributed by atoms with van der Waals surface area (Å²) in [7, 11) is 0. The smallest absolute Gasteiger partial charge is 0.223 e. The molecule has 1 aliphatic rings. The van der Waals surface area contributed by atoms with Crippen molar-refractivity contribution in [3.05, 3.63) is 71.3 Å². The van der Waals surface area contributed by atoms with Gasteiger partial charge in [-0.25, -0.2) is 8.78 Å². The number of hydrogen-bond donors (Lipinski definition) is 0. The maximum atomic E-state index is 13.9. The third-order valence-corrected chi connectivity index (χ3v) is 4.33. The fourth-order valence-corrected chi connectivity index (χ4v) is 2.77. The van der Waals surface area contributed by atoms with E-state index in [-0.39, 0.29) is 42.7 Å². The van der Waals surface area contributed by atoms with Crippen LogP contribution in [0.2, 0.25) is 0 Å². The van der Waals surface area contributed by atoms with Crippen LogP contribution in [0.1, 0.15) is 41.6 Å². The van der Waals surface area contributed by atoms with Gasteiger partial charge in [0.15, 0.2) is 5.78 Å². The van der Waals surface area contributed by atoms with Gasteiger partial charge in [0.2, 0.25) is 5.91 Å². The average molecular weight is 343 g/mol. The Morgan fingerprint density at radius 2 is 1.72 bits per heavy atom. The molecule has 0 spiro atoms. The van der Waals surface area contributed by atoms with Crippen LogP contribution in [0.25, 0.3) is 0 Å². The Balaban J connectivity index is 1.62. The zero-order chi connectivity index (χ0) is 17.8. The topological polar surface area (TPSA) is 37.4 Å². The second-order valence-electron chi connectivity index (χ2n) is 6.28. The van der Waals surface area contributed by atoms with Crippen LogP contribution in [-0.4, -0.2) is 22.6 Å². The molecular weight excluding hydrogens is 324 g/mol. The van der Waals surface area contributed by atoms with Crippen LogP contribution in [0.15, 0.2) is 48.5 Å². The second-order valence-corrected chi connectivity index (χ2v) is 6.28. The summed E-state index contributed by atoms with van der Waals surface area (Å²) in [5, 5.41) is 0. The van der Waals surface area contributed by atoms with Gasteiger partial charge in [-0.05, 0) is 18.9 Å². The molecule has 2 aromatic carbocycles. The Morgan fingerprint density at radius 3 is 2.36 bits per heavy atom. The van der Waals surface area contributed by atoms with Gasteiger partial charge in [0.25, 0.3) is 0 Å². The molecule has 0 bridgehead atoms. The van der Waals surface area contributed by atoms with E-state index in [4.69, 9.17) is 0 Å². The number of nitrogens with zero attached hydrogens (tertiary/aromatic N) is 1. The number of amides is 1. The van der Waals surface area contributed by atoms with Gasteiger partial charge < -0.3 is 4.90 Å². The number of Topliss-reactive ketones (excluding diaryl/α,β-unsaturated/α-hetero) is 1. The van der Waals surface area contributed by atoms with Gasteiger partial charge in [0.05, 0.1) is 0 Å². The minimum absolute atomic E-state index is 0.0855. The molecule has 0 N–H and O–H groups in total. The summed E-state index contributed by atoms with van der Waals surface area (Å²) >= 11 is 0. The molecule has 3 rings (SSSR count). The van der Waals surface area contributed by atoms with Gasteiger partial charge in [0, 0.05) is 42.6 Å². The highest BCUT2D eigenvalue weighted by molar-refractivity contribution is 5.97. The largest absolute Gasteiger partial charge is 0.335 e. The van der Waals surface area contributed by atoms with E-state index >= 15 is 0 Å². The first-order valence-corrected chi connectivity index (χ1v) is 8.36. The summed E-state index contributed by atoms with van der Waals surface area (Å²) in [5.74, 6) is -1.55. The van der Waals surface area contributed by atoms with Crippen LogP contribution in [0, 0.1) is 11.6 Å². The molecule has 0 radical (unpaired) electrons. The van der Waals surface area contributed by atoms with E-state index in [0.717, 1.165) is 18.9 Å². The van der Waals surface area contributed by atoms with Gasteiger partial charge in [-0.1, -0.05) is 36.4 Å². The van der Waals surface area contributed by atoms with Crippen LogP contribution >= 0.6 is 0 Å². The predicted molar refractivity (Wildman–Crippen MR) is 89.9 cm³/mol. The minimum atomic E-state index is -0.654. The average Bonchev–Trinajstić information content (AvgIpc) is 3.44. The van der Waals surface area contributed by atoms with E-state index in [9.17, 15) is 18.4 Å². The molecule has 1 saturated carbocycles. The molecule has 5 heteroatoms. The van der Waals surface area contributed by atoms with E-state index in [1.165, 1.54) is 12.1 Å². The van der Waals surface area contributed by atoms with E-state index in [2.05, 4.69) is 0 Å². The Hall–Kier alpha value is -2.56. The predicted octanol–water partition coefficient (Wildman–Crippen LogP) is 4.12. The number of halogens is 2. The summed E-state index contributed by atoms with van der Waals surface area (Å²) in [4.78, 5) is 26.3. The van der Waals surface area contributed by atoms with Gasteiger partial charge in [0.1, 0.15) is 11.6 Å². The van der Waals surface area contributed by atoms with Crippen LogP contribution in [-0.2, 0) is 11.3 Å². The standard InChI is InChI=1S/C20H19F2NO2/c21-16-7-6-15(18(22)12-16)13-23(17-8-9-17)20(25)11-10-19(24)14-4-2-1-3-5-14/h1-7,12,17H,8-11,13H2. The second kappa shape index (κ2) is 7.55. The lowest BCUT2D eigenvalue weighted by Crippen LogP contribution is -2.33. The quantitative estimate of drug-likeness (QED) is 0.709. The molecule has 0 heterocycles. The third-order valence-electron chi connectivity index (χ3n) is 4.33. The number of carbonyl (C=O) groups excluding carboxylic acids is 2. The van der Waals surface area contributed by atoms with Crippen molar-refractivity contribution >= 4 is 11.7 Å². The van der Waals surface area contributed by atoms with Crippen molar-refractivity contribution in [2.24, 2.45) is 0 Å². The lowest BCUT2D eigenvalue weighted by Gasteiger charge is -2.23. The number of ketones is 1. The van der Waals surface area contributed by atoms with Crippen LogP contribution in [0.5, 0.6) is 0 Å². The highest BCUT2D eigenvalue weighted by Gasteiger charge is 2.33. The summed E-state index contributed by atoms with van der Waals surface area (Å²) < 4.78 is 26.9. The van der Waals surface area contributed by atoms with Gasteiger partial charge in [-0.3, -0.25) is 9.59 Å². The molecule has 2 aromatic rings. The van der Waals surface area contributed by atoms with Crippen molar-refractivity contribution < 1.29 is 18.4 Å². The molecule has 3 nitrogen and oxygen atoms in total. The molecule has 25 heavy (non-hydrogen) atoms. The highest BCUT2D eigenvalue weighted by Crippen LogP contribution is 2.30. The molecule has 1 amide bonds. The van der Waals surface area contributed by atoms with E-state index in [0.29, 0.717) is 5.56 Å². The third kappa shape index (κ3) is 4.50. The number of hydrogen-bond acceptors (Lipinski definition) is 2. The molecule has 0 atom stereocenters. The maximum Gasteiger partial charge on any atom is 0.223 e. The Bertz CT molecular complexity index is 773. The lowest BCUT2D eigenvalue weighted by atomic mass is 10.1. The molecule has 1 aliphatic carbocycles. The lowest BCUT2D eigenvalue weighted by molar-refractivity contribution is -0.132. The van der Waals surface area contributed by atoms with Crippen molar-refractivity contribution in [3.63, 3.8) is 0 Å². The number of benzene rings is 2. The first kappa shape index (κ1) is 17.3. The zero-order valence-corrected chi connectivity index (χ0v) is 13.8. The fourth-order valence-electron chi connectivity index (χ4n) is 2.77. The van der Waals surface area contributed by atoms with Crippen LogP contribution in [0.4, 0.5) is 8.78 Å². The first-order valence-electron chi connectivity index (χ1n) is 8.36. The molecular formula is C20H19F2NO2. The first-order chi connectivity index (χ1) is 12.0. The summed E-state index contributed by atoms with van der Waals surface area (Å²) in [6.07, 6.45) is 1.97. The van der Waals surface area contributed by atoms with Crippen molar-refractivity contribution in [1.29, 1.82) is 0 Å². The Kier molecular flexibility index (Phi) is 5.22. The maximum absolute atomic E-state index is 13.9. The van der Waals surface area contributed by atoms with Crippen molar-refractivity contribution in [2.75, 3.05) is 0 Å². The molecule has 0 unspecified atom stereocenters. The molecule has 0 aromatic heterocycles. The van der Waals surface area contributed by atoms with Crippen LogP contribution < -0.4 is 0 Å². The van der Waals surface area contributed by atoms with E-state index in [1.54, 1.807) is 29.2 Å². The summed E-state index contributed by atoms with van der Waals surface area (Å²) in [6.45, 7) is 0.106. The highest BCUT2D eigenvalue weighted by atomic mass is 19.1. The molecule has 130 valence electrons. The minimum Gasteiger partial charge on any atom is -0.335 e. The normalized spacial score (nSPS) is 13.5. The summed E-state index contributed by atoms with van der Waals surface area (Å²) in [5.41, 5.74) is 0.869. The fraction of sp³-hybridized carbons (Fsp3) is 0.300. The summed E-state index contributed by atoms with van der Waals surface area (Å²) in [6, 6.07) is 12.3. The number of carbonyl (C=O) groups is 2. The Morgan fingerprint density at radius 1 is 1.00 bits per heavy atom. The molecule has 0 saturated heterocycles. The molecule has 1 fully saturated rings. The molecule has 0 aliphatic heterocycles. The van der Waals surface area contributed by atoms with E-state index in [1.807, 2.05) is 6.07 Å². The van der Waals surface area contributed by atoms with E-state index < -0.39 is 11.6 Å². The zero-order valence-electron chi connectivity index (χ0n) is 13.8. The van der Waals surface area contributed by atoms with Gasteiger partial charge in [-0.2, -0.15) is 0 Å².